The maximum Gasteiger partial charge on any atom is 0.291 e. The highest BCUT2D eigenvalue weighted by molar-refractivity contribution is 6.32. The van der Waals surface area contributed by atoms with Crippen LogP contribution in [0.15, 0.2) is 70.1 Å². The Morgan fingerprint density at radius 2 is 1.74 bits per heavy atom. The molecule has 2 aromatic carbocycles. The molecular weight excluding hydrogens is 412 g/mol. The van der Waals surface area contributed by atoms with Gasteiger partial charge in [-0.3, -0.25) is 14.6 Å². The van der Waals surface area contributed by atoms with Gasteiger partial charge in [-0.2, -0.15) is 0 Å². The zero-order valence-corrected chi connectivity index (χ0v) is 17.8. The molecule has 3 heterocycles. The molecule has 1 aliphatic rings. The van der Waals surface area contributed by atoms with Crippen LogP contribution in [-0.2, 0) is 6.54 Å². The number of hydrogen-bond acceptors (Lipinski definition) is 4. The minimum absolute atomic E-state index is 0.0909. The lowest BCUT2D eigenvalue weighted by molar-refractivity contribution is 0.0714. The summed E-state index contributed by atoms with van der Waals surface area (Å²) >= 11 is 6.28. The third-order valence-electron chi connectivity index (χ3n) is 5.74. The van der Waals surface area contributed by atoms with Crippen molar-refractivity contribution >= 4 is 28.5 Å². The molecule has 0 fully saturated rings. The van der Waals surface area contributed by atoms with Gasteiger partial charge in [0, 0.05) is 24.0 Å². The van der Waals surface area contributed by atoms with Crippen LogP contribution in [0.3, 0.4) is 0 Å². The SMILES string of the molecule is Cc1ccc(CN2C(=O)c3oc4cc(C)c(Cl)cc4c(=O)c3C2c2ccncc2)cc1. The lowest BCUT2D eigenvalue weighted by Crippen LogP contribution is -2.29. The molecule has 4 aromatic rings. The van der Waals surface area contributed by atoms with Gasteiger partial charge in [0.1, 0.15) is 5.58 Å². The lowest BCUT2D eigenvalue weighted by Gasteiger charge is -2.25. The number of carbonyl (C=O) groups excluding carboxylic acids is 1. The first-order valence-electron chi connectivity index (χ1n) is 9.97. The van der Waals surface area contributed by atoms with Gasteiger partial charge in [0.2, 0.25) is 5.76 Å². The standard InChI is InChI=1S/C25H19ClN2O3/c1-14-3-5-16(6-4-14)13-28-22(17-7-9-27-10-8-17)21-23(29)18-12-19(26)15(2)11-20(18)31-24(21)25(28)30/h3-12,22H,13H2,1-2H3. The molecule has 0 saturated heterocycles. The topological polar surface area (TPSA) is 63.4 Å². The Balaban J connectivity index is 1.73. The fourth-order valence-electron chi connectivity index (χ4n) is 4.09. The van der Waals surface area contributed by atoms with Crippen LogP contribution in [0.5, 0.6) is 0 Å². The van der Waals surface area contributed by atoms with E-state index in [0.29, 0.717) is 28.1 Å². The normalized spacial score (nSPS) is 15.5. The monoisotopic (exact) mass is 430 g/mol. The lowest BCUT2D eigenvalue weighted by atomic mass is 9.99. The molecule has 0 aliphatic carbocycles. The van der Waals surface area contributed by atoms with E-state index in [1.54, 1.807) is 29.4 Å². The van der Waals surface area contributed by atoms with Crippen LogP contribution in [0.1, 0.15) is 44.4 Å². The average molecular weight is 431 g/mol. The number of benzene rings is 2. The highest BCUT2D eigenvalue weighted by atomic mass is 35.5. The Kier molecular flexibility index (Phi) is 4.63. The molecule has 31 heavy (non-hydrogen) atoms. The maximum atomic E-state index is 13.5. The maximum absolute atomic E-state index is 13.5. The Bertz CT molecular complexity index is 1380. The van der Waals surface area contributed by atoms with Gasteiger partial charge < -0.3 is 9.32 Å². The second-order valence-electron chi connectivity index (χ2n) is 7.87. The Hall–Kier alpha value is -3.44. The molecule has 154 valence electrons. The number of aromatic nitrogens is 1. The number of nitrogens with zero attached hydrogens (tertiary/aromatic N) is 2. The first-order valence-corrected chi connectivity index (χ1v) is 10.3. The number of hydrogen-bond donors (Lipinski definition) is 0. The summed E-state index contributed by atoms with van der Waals surface area (Å²) in [6, 6.07) is 14.4. The predicted octanol–water partition coefficient (Wildman–Crippen LogP) is 5.20. The van der Waals surface area contributed by atoms with Crippen molar-refractivity contribution in [3.05, 3.63) is 110 Å². The summed E-state index contributed by atoms with van der Waals surface area (Å²) in [6.07, 6.45) is 3.31. The van der Waals surface area contributed by atoms with Crippen LogP contribution in [0, 0.1) is 13.8 Å². The quantitative estimate of drug-likeness (QED) is 0.448. The molecule has 1 amide bonds. The summed E-state index contributed by atoms with van der Waals surface area (Å²) in [5.74, 6) is -0.211. The highest BCUT2D eigenvalue weighted by Gasteiger charge is 2.42. The first-order chi connectivity index (χ1) is 14.9. The van der Waals surface area contributed by atoms with E-state index >= 15 is 0 Å². The summed E-state index contributed by atoms with van der Waals surface area (Å²) in [6.45, 7) is 4.20. The van der Waals surface area contributed by atoms with Gasteiger partial charge in [0.15, 0.2) is 5.43 Å². The summed E-state index contributed by atoms with van der Waals surface area (Å²) in [7, 11) is 0. The fraction of sp³-hybridized carbons (Fsp3) is 0.160. The van der Waals surface area contributed by atoms with Crippen molar-refractivity contribution < 1.29 is 9.21 Å². The Morgan fingerprint density at radius 3 is 2.45 bits per heavy atom. The number of carbonyl (C=O) groups is 1. The molecule has 5 rings (SSSR count). The molecule has 1 atom stereocenters. The minimum atomic E-state index is -0.562. The second kappa shape index (κ2) is 7.36. The number of amides is 1. The third kappa shape index (κ3) is 3.22. The first kappa shape index (κ1) is 19.5. The van der Waals surface area contributed by atoms with Gasteiger partial charge in [-0.25, -0.2) is 0 Å². The van der Waals surface area contributed by atoms with Gasteiger partial charge in [0.05, 0.1) is 17.0 Å². The fourth-order valence-corrected chi connectivity index (χ4v) is 4.25. The largest absolute Gasteiger partial charge is 0.450 e. The second-order valence-corrected chi connectivity index (χ2v) is 8.28. The van der Waals surface area contributed by atoms with E-state index in [1.165, 1.54) is 0 Å². The van der Waals surface area contributed by atoms with Gasteiger partial charge in [-0.15, -0.1) is 0 Å². The molecular formula is C25H19ClN2O3. The van der Waals surface area contributed by atoms with Crippen LogP contribution in [0.4, 0.5) is 0 Å². The predicted molar refractivity (Wildman–Crippen MR) is 119 cm³/mol. The molecule has 0 N–H and O–H groups in total. The molecule has 1 aliphatic heterocycles. The van der Waals surface area contributed by atoms with E-state index in [9.17, 15) is 9.59 Å². The number of aryl methyl sites for hydroxylation is 2. The molecule has 5 nitrogen and oxygen atoms in total. The van der Waals surface area contributed by atoms with E-state index in [4.69, 9.17) is 16.0 Å². The number of rotatable bonds is 3. The van der Waals surface area contributed by atoms with Crippen LogP contribution < -0.4 is 5.43 Å². The Morgan fingerprint density at radius 1 is 1.03 bits per heavy atom. The third-order valence-corrected chi connectivity index (χ3v) is 6.15. The van der Waals surface area contributed by atoms with Gasteiger partial charge in [-0.05, 0) is 54.8 Å². The van der Waals surface area contributed by atoms with Crippen LogP contribution in [-0.4, -0.2) is 15.8 Å². The smallest absolute Gasteiger partial charge is 0.291 e. The van der Waals surface area contributed by atoms with Crippen molar-refractivity contribution in [3.63, 3.8) is 0 Å². The van der Waals surface area contributed by atoms with E-state index in [1.807, 2.05) is 50.2 Å². The zero-order chi connectivity index (χ0) is 21.7. The molecule has 0 spiro atoms. The average Bonchev–Trinajstić information content (AvgIpc) is 3.04. The molecule has 2 aromatic heterocycles. The van der Waals surface area contributed by atoms with Crippen LogP contribution in [0.25, 0.3) is 11.0 Å². The van der Waals surface area contributed by atoms with E-state index in [2.05, 4.69) is 4.98 Å². The van der Waals surface area contributed by atoms with Gasteiger partial charge >= 0.3 is 0 Å². The zero-order valence-electron chi connectivity index (χ0n) is 17.1. The number of halogens is 1. The van der Waals surface area contributed by atoms with Crippen molar-refractivity contribution in [2.75, 3.05) is 0 Å². The summed E-state index contributed by atoms with van der Waals surface area (Å²) in [5.41, 5.74) is 4.17. The summed E-state index contributed by atoms with van der Waals surface area (Å²) < 4.78 is 6.01. The van der Waals surface area contributed by atoms with Crippen molar-refractivity contribution in [1.82, 2.24) is 9.88 Å². The molecule has 1 unspecified atom stereocenters. The number of pyridine rings is 1. The molecule has 0 bridgehead atoms. The van der Waals surface area contributed by atoms with E-state index in [0.717, 1.165) is 22.3 Å². The van der Waals surface area contributed by atoms with E-state index < -0.39 is 6.04 Å². The van der Waals surface area contributed by atoms with Crippen molar-refractivity contribution in [2.45, 2.75) is 26.4 Å². The van der Waals surface area contributed by atoms with Crippen molar-refractivity contribution in [3.8, 4) is 0 Å². The molecule has 6 heteroatoms. The van der Waals surface area contributed by atoms with Crippen LogP contribution >= 0.6 is 11.6 Å². The highest BCUT2D eigenvalue weighted by Crippen LogP contribution is 2.39. The van der Waals surface area contributed by atoms with Gasteiger partial charge in [-0.1, -0.05) is 41.4 Å². The number of fused-ring (bicyclic) bond motifs is 2. The molecule has 0 saturated carbocycles. The molecule has 0 radical (unpaired) electrons. The van der Waals surface area contributed by atoms with E-state index in [-0.39, 0.29) is 17.1 Å². The van der Waals surface area contributed by atoms with Crippen LogP contribution in [0.2, 0.25) is 5.02 Å². The summed E-state index contributed by atoms with van der Waals surface area (Å²) in [4.78, 5) is 32.8. The summed E-state index contributed by atoms with van der Waals surface area (Å²) in [5, 5.41) is 0.861. The van der Waals surface area contributed by atoms with Crippen molar-refractivity contribution in [2.24, 2.45) is 0 Å². The van der Waals surface area contributed by atoms with Crippen molar-refractivity contribution in [1.29, 1.82) is 0 Å². The van der Waals surface area contributed by atoms with Gasteiger partial charge in [0.25, 0.3) is 5.91 Å². The minimum Gasteiger partial charge on any atom is -0.450 e. The Labute approximate surface area is 183 Å².